The summed E-state index contributed by atoms with van der Waals surface area (Å²) >= 11 is 0. The fourth-order valence-corrected chi connectivity index (χ4v) is 3.75. The summed E-state index contributed by atoms with van der Waals surface area (Å²) in [6.07, 6.45) is 5.22. The molecule has 122 valence electrons. The van der Waals surface area contributed by atoms with Gasteiger partial charge in [0.25, 0.3) is 5.56 Å². The molecule has 1 saturated carbocycles. The van der Waals surface area contributed by atoms with E-state index in [0.717, 1.165) is 36.3 Å². The molecular weight excluding hydrogens is 304 g/mol. The van der Waals surface area contributed by atoms with Crippen molar-refractivity contribution < 1.29 is 9.90 Å². The number of rotatable bonds is 2. The second-order valence-electron chi connectivity index (χ2n) is 6.40. The fraction of sp³-hybridized carbons (Fsp3) is 0.316. The van der Waals surface area contributed by atoms with Crippen LogP contribution in [-0.2, 0) is 0 Å². The van der Waals surface area contributed by atoms with E-state index < -0.39 is 6.10 Å². The molecule has 0 bridgehead atoms. The number of aliphatic hydroxyl groups is 1. The number of carbonyl (C=O) groups excluding carboxylic acids is 1. The van der Waals surface area contributed by atoms with Gasteiger partial charge in [-0.25, -0.2) is 4.98 Å². The summed E-state index contributed by atoms with van der Waals surface area (Å²) in [6.45, 7) is 0. The van der Waals surface area contributed by atoms with Crippen LogP contribution in [0.5, 0.6) is 0 Å². The van der Waals surface area contributed by atoms with Crippen molar-refractivity contribution >= 4 is 28.0 Å². The Kier molecular flexibility index (Phi) is 3.65. The molecule has 0 amide bonds. The van der Waals surface area contributed by atoms with Crippen LogP contribution in [0.15, 0.2) is 41.5 Å². The van der Waals surface area contributed by atoms with Gasteiger partial charge in [-0.05, 0) is 24.3 Å². The standard InChI is InChI=1S/C19H18N2O3/c22-10-12-9-15-18(14-6-2-1-5-13(12)14)20-11-21(19(15)24)16-7-3-4-8-17(16)23/h1-2,5-6,9-11,16-17,23H,3-4,7-8H2. The third-order valence-electron chi connectivity index (χ3n) is 5.00. The molecule has 24 heavy (non-hydrogen) atoms. The van der Waals surface area contributed by atoms with Gasteiger partial charge < -0.3 is 5.11 Å². The average molecular weight is 322 g/mol. The number of fused-ring (bicyclic) bond motifs is 3. The monoisotopic (exact) mass is 322 g/mol. The Hall–Kier alpha value is -2.53. The maximum atomic E-state index is 13.0. The highest BCUT2D eigenvalue weighted by Gasteiger charge is 2.26. The first-order valence-corrected chi connectivity index (χ1v) is 8.26. The number of aromatic nitrogens is 2. The SMILES string of the molecule is O=Cc1cc2c(=O)n(C3CCCCC3O)cnc2c2ccccc12. The number of aliphatic hydroxyl groups excluding tert-OH is 1. The Balaban J connectivity index is 2.01. The lowest BCUT2D eigenvalue weighted by Gasteiger charge is -2.29. The van der Waals surface area contributed by atoms with E-state index in [2.05, 4.69) is 4.98 Å². The van der Waals surface area contributed by atoms with Gasteiger partial charge in [-0.3, -0.25) is 14.2 Å². The highest BCUT2D eigenvalue weighted by molar-refractivity contribution is 6.11. The molecule has 2 atom stereocenters. The van der Waals surface area contributed by atoms with Crippen molar-refractivity contribution in [1.82, 2.24) is 9.55 Å². The normalized spacial score (nSPS) is 21.2. The molecule has 4 rings (SSSR count). The molecule has 1 fully saturated rings. The van der Waals surface area contributed by atoms with E-state index in [4.69, 9.17) is 0 Å². The third kappa shape index (κ3) is 2.24. The van der Waals surface area contributed by atoms with Gasteiger partial charge in [0.15, 0.2) is 6.29 Å². The number of benzene rings is 2. The van der Waals surface area contributed by atoms with Crippen LogP contribution < -0.4 is 5.56 Å². The molecule has 0 aliphatic heterocycles. The molecule has 1 aromatic heterocycles. The Morgan fingerprint density at radius 3 is 2.62 bits per heavy atom. The second-order valence-corrected chi connectivity index (χ2v) is 6.40. The van der Waals surface area contributed by atoms with Crippen molar-refractivity contribution in [3.63, 3.8) is 0 Å². The maximum Gasteiger partial charge on any atom is 0.261 e. The van der Waals surface area contributed by atoms with E-state index in [0.29, 0.717) is 22.9 Å². The van der Waals surface area contributed by atoms with Gasteiger partial charge in [0.2, 0.25) is 0 Å². The first-order chi connectivity index (χ1) is 11.7. The summed E-state index contributed by atoms with van der Waals surface area (Å²) in [5, 5.41) is 12.3. The summed E-state index contributed by atoms with van der Waals surface area (Å²) in [5.74, 6) is 0. The predicted molar refractivity (Wildman–Crippen MR) is 92.4 cm³/mol. The van der Waals surface area contributed by atoms with Gasteiger partial charge in [0.05, 0.1) is 29.4 Å². The minimum atomic E-state index is -0.526. The van der Waals surface area contributed by atoms with E-state index in [9.17, 15) is 14.7 Å². The zero-order valence-electron chi connectivity index (χ0n) is 13.2. The first kappa shape index (κ1) is 15.0. The first-order valence-electron chi connectivity index (χ1n) is 8.26. The van der Waals surface area contributed by atoms with Gasteiger partial charge >= 0.3 is 0 Å². The molecule has 0 saturated heterocycles. The third-order valence-corrected chi connectivity index (χ3v) is 5.00. The summed E-state index contributed by atoms with van der Waals surface area (Å²) < 4.78 is 1.54. The van der Waals surface area contributed by atoms with Crippen molar-refractivity contribution in [2.75, 3.05) is 0 Å². The molecule has 3 aromatic rings. The molecule has 2 aromatic carbocycles. The lowest BCUT2D eigenvalue weighted by molar-refractivity contribution is 0.0735. The number of hydrogen-bond donors (Lipinski definition) is 1. The fourth-order valence-electron chi connectivity index (χ4n) is 3.75. The minimum Gasteiger partial charge on any atom is -0.391 e. The van der Waals surface area contributed by atoms with Crippen LogP contribution in [0.4, 0.5) is 0 Å². The molecule has 0 spiro atoms. The molecule has 5 heteroatoms. The highest BCUT2D eigenvalue weighted by Crippen LogP contribution is 2.29. The summed E-state index contributed by atoms with van der Waals surface area (Å²) in [5.41, 5.74) is 0.890. The van der Waals surface area contributed by atoms with Crippen molar-refractivity contribution in [3.8, 4) is 0 Å². The minimum absolute atomic E-state index is 0.195. The smallest absolute Gasteiger partial charge is 0.261 e. The number of hydrogen-bond acceptors (Lipinski definition) is 4. The van der Waals surface area contributed by atoms with E-state index in [-0.39, 0.29) is 11.6 Å². The van der Waals surface area contributed by atoms with Gasteiger partial charge in [0.1, 0.15) is 0 Å². The van der Waals surface area contributed by atoms with Crippen molar-refractivity contribution in [2.45, 2.75) is 37.8 Å². The van der Waals surface area contributed by atoms with Crippen LogP contribution in [-0.4, -0.2) is 27.0 Å². The summed E-state index contributed by atoms with van der Waals surface area (Å²) in [4.78, 5) is 28.9. The van der Waals surface area contributed by atoms with Gasteiger partial charge in [0, 0.05) is 10.9 Å². The molecule has 1 heterocycles. The lowest BCUT2D eigenvalue weighted by atomic mass is 9.92. The number of aldehydes is 1. The zero-order chi connectivity index (χ0) is 16.7. The topological polar surface area (TPSA) is 72.2 Å². The Bertz CT molecular complexity index is 993. The van der Waals surface area contributed by atoms with Gasteiger partial charge in [-0.2, -0.15) is 0 Å². The van der Waals surface area contributed by atoms with Crippen LogP contribution in [0.3, 0.4) is 0 Å². The molecule has 1 N–H and O–H groups in total. The number of nitrogens with zero attached hydrogens (tertiary/aromatic N) is 2. The van der Waals surface area contributed by atoms with E-state index in [1.54, 1.807) is 6.07 Å². The Morgan fingerprint density at radius 1 is 1.12 bits per heavy atom. The summed E-state index contributed by atoms with van der Waals surface area (Å²) in [6, 6.07) is 8.84. The average Bonchev–Trinajstić information content (AvgIpc) is 2.62. The molecular formula is C19H18N2O3. The van der Waals surface area contributed by atoms with E-state index in [1.807, 2.05) is 24.3 Å². The number of carbonyl (C=O) groups is 1. The Morgan fingerprint density at radius 2 is 1.88 bits per heavy atom. The van der Waals surface area contributed by atoms with Gasteiger partial charge in [-0.1, -0.05) is 37.1 Å². The zero-order valence-corrected chi connectivity index (χ0v) is 13.2. The Labute approximate surface area is 138 Å². The van der Waals surface area contributed by atoms with Crippen LogP contribution in [0, 0.1) is 0 Å². The van der Waals surface area contributed by atoms with Crippen molar-refractivity contribution in [3.05, 3.63) is 52.6 Å². The lowest BCUT2D eigenvalue weighted by Crippen LogP contribution is -2.34. The van der Waals surface area contributed by atoms with Crippen LogP contribution in [0.25, 0.3) is 21.7 Å². The summed E-state index contributed by atoms with van der Waals surface area (Å²) in [7, 11) is 0. The van der Waals surface area contributed by atoms with Crippen LogP contribution >= 0.6 is 0 Å². The highest BCUT2D eigenvalue weighted by atomic mass is 16.3. The second kappa shape index (κ2) is 5.83. The quantitative estimate of drug-likeness (QED) is 0.582. The van der Waals surface area contributed by atoms with Crippen LogP contribution in [0.1, 0.15) is 42.1 Å². The van der Waals surface area contributed by atoms with E-state index in [1.165, 1.54) is 10.9 Å². The molecule has 1 aliphatic carbocycles. The van der Waals surface area contributed by atoms with Crippen molar-refractivity contribution in [1.29, 1.82) is 0 Å². The van der Waals surface area contributed by atoms with Crippen molar-refractivity contribution in [2.24, 2.45) is 0 Å². The maximum absolute atomic E-state index is 13.0. The molecule has 1 aliphatic rings. The molecule has 5 nitrogen and oxygen atoms in total. The van der Waals surface area contributed by atoms with E-state index >= 15 is 0 Å². The molecule has 0 radical (unpaired) electrons. The van der Waals surface area contributed by atoms with Gasteiger partial charge in [-0.15, -0.1) is 0 Å². The predicted octanol–water partition coefficient (Wildman–Crippen LogP) is 2.84. The largest absolute Gasteiger partial charge is 0.391 e. The van der Waals surface area contributed by atoms with Crippen LogP contribution in [0.2, 0.25) is 0 Å². The molecule has 2 unspecified atom stereocenters.